The smallest absolute Gasteiger partial charge is 0.0205 e. The van der Waals surface area contributed by atoms with Crippen molar-refractivity contribution in [2.24, 2.45) is 0 Å². The summed E-state index contributed by atoms with van der Waals surface area (Å²) in [6, 6.07) is 0. The molecule has 1 nitrogen and oxygen atoms in total. The maximum absolute atomic E-state index is 2.56. The second-order valence-corrected chi connectivity index (χ2v) is 5.72. The Labute approximate surface area is 74.6 Å². The lowest BCUT2D eigenvalue weighted by Crippen LogP contribution is -2.52. The summed E-state index contributed by atoms with van der Waals surface area (Å²) in [5, 5.41) is 0. The molecule has 0 aliphatic carbocycles. The molecular formula is C9H23NSi. The highest BCUT2D eigenvalue weighted by Gasteiger charge is 2.29. The van der Waals surface area contributed by atoms with Crippen LogP contribution in [0, 0.1) is 0 Å². The number of rotatable bonds is 1. The molecule has 0 aromatic heterocycles. The first-order valence-corrected chi connectivity index (χ1v) is 5.88. The molecule has 0 amide bonds. The van der Waals surface area contributed by atoms with Crippen molar-refractivity contribution in [3.8, 4) is 0 Å². The zero-order chi connectivity index (χ0) is 9.28. The number of nitrogens with zero attached hydrogens (tertiary/aromatic N) is 1. The van der Waals surface area contributed by atoms with Crippen LogP contribution in [-0.2, 0) is 0 Å². The van der Waals surface area contributed by atoms with E-state index in [0.717, 1.165) is 0 Å². The zero-order valence-electron chi connectivity index (χ0n) is 9.15. The highest BCUT2D eigenvalue weighted by atomic mass is 28.1. The zero-order valence-corrected chi connectivity index (χ0v) is 11.2. The van der Waals surface area contributed by atoms with Gasteiger partial charge in [0.1, 0.15) is 0 Å². The van der Waals surface area contributed by atoms with Gasteiger partial charge < -0.3 is 0 Å². The summed E-state index contributed by atoms with van der Waals surface area (Å²) in [6.07, 6.45) is 1.26. The molecule has 0 radical (unpaired) electrons. The van der Waals surface area contributed by atoms with E-state index in [4.69, 9.17) is 0 Å². The Hall–Kier alpha value is 0.177. The molecular weight excluding hydrogens is 150 g/mol. The van der Waals surface area contributed by atoms with Gasteiger partial charge in [-0.15, -0.1) is 0 Å². The van der Waals surface area contributed by atoms with E-state index in [-0.39, 0.29) is 0 Å². The van der Waals surface area contributed by atoms with E-state index in [1.807, 2.05) is 0 Å². The highest BCUT2D eigenvalue weighted by Crippen LogP contribution is 2.22. The van der Waals surface area contributed by atoms with E-state index in [2.05, 4.69) is 46.4 Å². The topological polar surface area (TPSA) is 3.24 Å². The van der Waals surface area contributed by atoms with E-state index < -0.39 is 0 Å². The van der Waals surface area contributed by atoms with Gasteiger partial charge in [-0.1, -0.05) is 0 Å². The third-order valence-corrected chi connectivity index (χ3v) is 2.57. The van der Waals surface area contributed by atoms with Gasteiger partial charge in [0.2, 0.25) is 0 Å². The highest BCUT2D eigenvalue weighted by molar-refractivity contribution is 6.08. The first-order valence-electron chi connectivity index (χ1n) is 4.47. The van der Waals surface area contributed by atoms with Crippen LogP contribution in [0.2, 0.25) is 0 Å². The van der Waals surface area contributed by atoms with E-state index >= 15 is 0 Å². The van der Waals surface area contributed by atoms with Crippen LogP contribution in [0.1, 0.15) is 41.5 Å². The van der Waals surface area contributed by atoms with Gasteiger partial charge in [-0.05, 0) is 47.7 Å². The maximum Gasteiger partial charge on any atom is 0.0205 e. The van der Waals surface area contributed by atoms with E-state index in [1.165, 1.54) is 16.4 Å². The predicted octanol–water partition coefficient (Wildman–Crippen LogP) is 1.21. The van der Waals surface area contributed by atoms with Gasteiger partial charge in [-0.25, -0.2) is 0 Å². The largest absolute Gasteiger partial charge is 0.297 e. The van der Waals surface area contributed by atoms with E-state index in [1.54, 1.807) is 0 Å². The van der Waals surface area contributed by atoms with Crippen molar-refractivity contribution in [3.63, 3.8) is 0 Å². The third-order valence-electron chi connectivity index (χ3n) is 1.94. The number of hydrogen-bond donors (Lipinski definition) is 0. The predicted molar refractivity (Wildman–Crippen MR) is 56.2 cm³/mol. The Morgan fingerprint density at radius 3 is 1.18 bits per heavy atom. The Balaban J connectivity index is 4.43. The lowest BCUT2D eigenvalue weighted by molar-refractivity contribution is 0.0600. The van der Waals surface area contributed by atoms with Crippen LogP contribution in [0.15, 0.2) is 0 Å². The monoisotopic (exact) mass is 173 g/mol. The summed E-state index contributed by atoms with van der Waals surface area (Å²) in [4.78, 5) is 2.56. The van der Waals surface area contributed by atoms with Crippen molar-refractivity contribution >= 4 is 10.2 Å². The summed E-state index contributed by atoms with van der Waals surface area (Å²) in [5.74, 6) is 0. The number of hydrogen-bond acceptors (Lipinski definition) is 1. The molecule has 0 rings (SSSR count). The maximum atomic E-state index is 2.56. The SMILES string of the molecule is CC(C)(C)N(C[SiH3])C(C)(C)C. The van der Waals surface area contributed by atoms with Crippen LogP contribution in [0.5, 0.6) is 0 Å². The molecule has 0 aliphatic heterocycles. The molecule has 68 valence electrons. The average molecular weight is 173 g/mol. The third kappa shape index (κ3) is 3.39. The van der Waals surface area contributed by atoms with Crippen LogP contribution in [0.4, 0.5) is 0 Å². The standard InChI is InChI=1S/C9H23NSi/c1-8(2,3)10(7-11)9(4,5)6/h7H2,1-6,11H3. The Morgan fingerprint density at radius 1 is 0.909 bits per heavy atom. The van der Waals surface area contributed by atoms with Gasteiger partial charge in [-0.3, -0.25) is 4.90 Å². The lowest BCUT2D eigenvalue weighted by atomic mass is 9.97. The molecule has 0 atom stereocenters. The molecule has 2 heteroatoms. The normalized spacial score (nSPS) is 14.5. The molecule has 0 unspecified atom stereocenters. The molecule has 0 saturated carbocycles. The Bertz CT molecular complexity index is 105. The van der Waals surface area contributed by atoms with Crippen molar-refractivity contribution in [3.05, 3.63) is 0 Å². The van der Waals surface area contributed by atoms with Crippen molar-refractivity contribution in [2.75, 3.05) is 6.17 Å². The van der Waals surface area contributed by atoms with Crippen LogP contribution in [-0.4, -0.2) is 32.4 Å². The van der Waals surface area contributed by atoms with Crippen molar-refractivity contribution in [2.45, 2.75) is 52.6 Å². The Kier molecular flexibility index (Phi) is 3.33. The van der Waals surface area contributed by atoms with Crippen LogP contribution in [0.3, 0.4) is 0 Å². The lowest BCUT2D eigenvalue weighted by Gasteiger charge is -2.44. The molecule has 0 bridgehead atoms. The fourth-order valence-corrected chi connectivity index (χ4v) is 3.85. The minimum Gasteiger partial charge on any atom is -0.297 e. The van der Waals surface area contributed by atoms with Crippen LogP contribution < -0.4 is 0 Å². The summed E-state index contributed by atoms with van der Waals surface area (Å²) in [5.41, 5.74) is 0.639. The molecule has 0 fully saturated rings. The first-order chi connectivity index (χ1) is 4.69. The molecule has 11 heavy (non-hydrogen) atoms. The molecule has 0 aromatic carbocycles. The van der Waals surface area contributed by atoms with Crippen LogP contribution >= 0.6 is 0 Å². The summed E-state index contributed by atoms with van der Waals surface area (Å²) >= 11 is 0. The summed E-state index contributed by atoms with van der Waals surface area (Å²) in [7, 11) is 1.26. The molecule has 0 heterocycles. The second-order valence-electron chi connectivity index (χ2n) is 5.09. The second kappa shape index (κ2) is 3.28. The van der Waals surface area contributed by atoms with E-state index in [9.17, 15) is 0 Å². The van der Waals surface area contributed by atoms with Gasteiger partial charge >= 0.3 is 0 Å². The Morgan fingerprint density at radius 2 is 1.18 bits per heavy atom. The van der Waals surface area contributed by atoms with Gasteiger partial charge in [0.25, 0.3) is 0 Å². The fraction of sp³-hybridized carbons (Fsp3) is 1.00. The average Bonchev–Trinajstić information content (AvgIpc) is 1.56. The molecule has 0 aromatic rings. The van der Waals surface area contributed by atoms with Gasteiger partial charge in [0, 0.05) is 21.3 Å². The van der Waals surface area contributed by atoms with E-state index in [0.29, 0.717) is 11.1 Å². The fourth-order valence-electron chi connectivity index (χ4n) is 1.95. The van der Waals surface area contributed by atoms with Gasteiger partial charge in [0.05, 0.1) is 0 Å². The van der Waals surface area contributed by atoms with Crippen LogP contribution in [0.25, 0.3) is 0 Å². The quantitative estimate of drug-likeness (QED) is 0.539. The van der Waals surface area contributed by atoms with Gasteiger partial charge in [0.15, 0.2) is 0 Å². The molecule has 0 N–H and O–H groups in total. The van der Waals surface area contributed by atoms with Crippen molar-refractivity contribution < 1.29 is 0 Å². The molecule has 0 aliphatic rings. The molecule has 0 saturated heterocycles. The van der Waals surface area contributed by atoms with Crippen molar-refractivity contribution in [1.82, 2.24) is 4.90 Å². The molecule has 0 spiro atoms. The minimum atomic E-state index is 0.319. The van der Waals surface area contributed by atoms with Crippen molar-refractivity contribution in [1.29, 1.82) is 0 Å². The van der Waals surface area contributed by atoms with Gasteiger partial charge in [-0.2, -0.15) is 0 Å². The minimum absolute atomic E-state index is 0.319. The first kappa shape index (κ1) is 11.2. The summed E-state index contributed by atoms with van der Waals surface area (Å²) in [6.45, 7) is 13.7. The summed E-state index contributed by atoms with van der Waals surface area (Å²) < 4.78 is 0.